The Hall–Kier alpha value is -2.61. The molecule has 0 aliphatic carbocycles. The molecule has 3 aromatic heterocycles. The Kier molecular flexibility index (Phi) is 3.68. The standard InChI is InChI=1S/C14H9BrN4O3/c15-9-4-8-5-10(14(21)22)13(20)19(12(8)18-6-9)7-11-16-2-1-3-17-11/h1-6H,7H2,(H,21,22). The summed E-state index contributed by atoms with van der Waals surface area (Å²) in [4.78, 5) is 36.0. The first kappa shape index (κ1) is 14.3. The smallest absolute Gasteiger partial charge is 0.341 e. The molecule has 0 spiro atoms. The van der Waals surface area contributed by atoms with E-state index in [0.29, 0.717) is 21.3 Å². The van der Waals surface area contributed by atoms with Crippen molar-refractivity contribution in [1.82, 2.24) is 19.5 Å². The van der Waals surface area contributed by atoms with Gasteiger partial charge < -0.3 is 5.11 Å². The maximum absolute atomic E-state index is 12.4. The quantitative estimate of drug-likeness (QED) is 0.763. The van der Waals surface area contributed by atoms with Gasteiger partial charge in [-0.25, -0.2) is 19.7 Å². The highest BCUT2D eigenvalue weighted by Gasteiger charge is 2.16. The molecule has 110 valence electrons. The van der Waals surface area contributed by atoms with E-state index in [2.05, 4.69) is 30.9 Å². The molecule has 22 heavy (non-hydrogen) atoms. The van der Waals surface area contributed by atoms with E-state index in [4.69, 9.17) is 0 Å². The second-order valence-electron chi connectivity index (χ2n) is 4.49. The molecule has 0 unspecified atom stereocenters. The van der Waals surface area contributed by atoms with Crippen molar-refractivity contribution >= 4 is 32.9 Å². The third-order valence-corrected chi connectivity index (χ3v) is 3.48. The van der Waals surface area contributed by atoms with Gasteiger partial charge in [-0.1, -0.05) is 0 Å². The molecular weight excluding hydrogens is 352 g/mol. The molecule has 0 atom stereocenters. The number of carboxylic acid groups (broad SMARTS) is 1. The highest BCUT2D eigenvalue weighted by molar-refractivity contribution is 9.10. The van der Waals surface area contributed by atoms with E-state index in [1.54, 1.807) is 30.7 Å². The lowest BCUT2D eigenvalue weighted by Crippen LogP contribution is -2.28. The zero-order chi connectivity index (χ0) is 15.7. The summed E-state index contributed by atoms with van der Waals surface area (Å²) in [6, 6.07) is 4.68. The summed E-state index contributed by atoms with van der Waals surface area (Å²) >= 11 is 3.28. The Morgan fingerprint density at radius 1 is 1.23 bits per heavy atom. The number of rotatable bonds is 3. The van der Waals surface area contributed by atoms with Crippen molar-refractivity contribution in [3.8, 4) is 0 Å². The lowest BCUT2D eigenvalue weighted by atomic mass is 10.2. The summed E-state index contributed by atoms with van der Waals surface area (Å²) in [7, 11) is 0. The molecule has 0 fully saturated rings. The van der Waals surface area contributed by atoms with Crippen LogP contribution in [0.1, 0.15) is 16.2 Å². The number of pyridine rings is 2. The zero-order valence-electron chi connectivity index (χ0n) is 11.1. The lowest BCUT2D eigenvalue weighted by Gasteiger charge is -2.10. The number of carboxylic acids is 1. The Labute approximate surface area is 132 Å². The molecule has 0 saturated heterocycles. The van der Waals surface area contributed by atoms with Crippen molar-refractivity contribution in [3.63, 3.8) is 0 Å². The van der Waals surface area contributed by atoms with E-state index in [9.17, 15) is 14.7 Å². The van der Waals surface area contributed by atoms with Crippen LogP contribution < -0.4 is 5.56 Å². The van der Waals surface area contributed by atoms with Crippen LogP contribution in [0, 0.1) is 0 Å². The van der Waals surface area contributed by atoms with Crippen LogP contribution in [0.4, 0.5) is 0 Å². The fourth-order valence-electron chi connectivity index (χ4n) is 2.09. The number of aromatic nitrogens is 4. The van der Waals surface area contributed by atoms with Crippen molar-refractivity contribution in [3.05, 3.63) is 63.0 Å². The number of hydrogen-bond donors (Lipinski definition) is 1. The van der Waals surface area contributed by atoms with E-state index in [1.165, 1.54) is 10.6 Å². The fraction of sp³-hybridized carbons (Fsp3) is 0.0714. The summed E-state index contributed by atoms with van der Waals surface area (Å²) in [5, 5.41) is 9.75. The first-order valence-electron chi connectivity index (χ1n) is 6.24. The van der Waals surface area contributed by atoms with Crippen LogP contribution in [-0.4, -0.2) is 30.6 Å². The van der Waals surface area contributed by atoms with Crippen molar-refractivity contribution in [2.24, 2.45) is 0 Å². The van der Waals surface area contributed by atoms with Crippen LogP contribution in [0.3, 0.4) is 0 Å². The van der Waals surface area contributed by atoms with Crippen LogP contribution in [-0.2, 0) is 6.54 Å². The van der Waals surface area contributed by atoms with Crippen LogP contribution >= 0.6 is 15.9 Å². The SMILES string of the molecule is O=C(O)c1cc2cc(Br)cnc2n(Cc2ncccn2)c1=O. The lowest BCUT2D eigenvalue weighted by molar-refractivity contribution is 0.0694. The van der Waals surface area contributed by atoms with Crippen molar-refractivity contribution < 1.29 is 9.90 Å². The predicted molar refractivity (Wildman–Crippen MR) is 81.8 cm³/mol. The van der Waals surface area contributed by atoms with Gasteiger partial charge >= 0.3 is 5.97 Å². The average molecular weight is 361 g/mol. The van der Waals surface area contributed by atoms with Gasteiger partial charge in [0.2, 0.25) is 0 Å². The molecule has 7 nitrogen and oxygen atoms in total. The van der Waals surface area contributed by atoms with Gasteiger partial charge in [-0.15, -0.1) is 0 Å². The maximum Gasteiger partial charge on any atom is 0.341 e. The number of halogens is 1. The monoisotopic (exact) mass is 360 g/mol. The Bertz CT molecular complexity index is 925. The third kappa shape index (κ3) is 2.60. The van der Waals surface area contributed by atoms with Crippen LogP contribution in [0.15, 0.2) is 46.1 Å². The topological polar surface area (TPSA) is 98.0 Å². The molecule has 3 heterocycles. The van der Waals surface area contributed by atoms with Crippen LogP contribution in [0.5, 0.6) is 0 Å². The van der Waals surface area contributed by atoms with Gasteiger partial charge in [0, 0.05) is 28.4 Å². The maximum atomic E-state index is 12.4. The van der Waals surface area contributed by atoms with Crippen LogP contribution in [0.2, 0.25) is 0 Å². The second kappa shape index (κ2) is 5.64. The zero-order valence-corrected chi connectivity index (χ0v) is 12.7. The Morgan fingerprint density at radius 3 is 2.64 bits per heavy atom. The van der Waals surface area contributed by atoms with E-state index >= 15 is 0 Å². The third-order valence-electron chi connectivity index (χ3n) is 3.04. The van der Waals surface area contributed by atoms with E-state index in [-0.39, 0.29) is 12.1 Å². The molecule has 0 amide bonds. The van der Waals surface area contributed by atoms with Crippen molar-refractivity contribution in [1.29, 1.82) is 0 Å². The minimum atomic E-state index is -1.28. The molecule has 0 aliphatic rings. The molecule has 3 aromatic rings. The largest absolute Gasteiger partial charge is 0.477 e. The molecule has 0 saturated carbocycles. The van der Waals surface area contributed by atoms with Gasteiger partial charge in [0.25, 0.3) is 5.56 Å². The Morgan fingerprint density at radius 2 is 1.95 bits per heavy atom. The number of fused-ring (bicyclic) bond motifs is 1. The summed E-state index contributed by atoms with van der Waals surface area (Å²) < 4.78 is 1.96. The first-order chi connectivity index (χ1) is 10.6. The van der Waals surface area contributed by atoms with E-state index in [1.807, 2.05) is 0 Å². The summed E-state index contributed by atoms with van der Waals surface area (Å²) in [6.45, 7) is 0.0475. The van der Waals surface area contributed by atoms with E-state index in [0.717, 1.165) is 0 Å². The van der Waals surface area contributed by atoms with Crippen molar-refractivity contribution in [2.75, 3.05) is 0 Å². The van der Waals surface area contributed by atoms with Gasteiger partial charge in [-0.05, 0) is 34.1 Å². The summed E-state index contributed by atoms with van der Waals surface area (Å²) in [5.41, 5.74) is -0.573. The fourth-order valence-corrected chi connectivity index (χ4v) is 2.44. The van der Waals surface area contributed by atoms with Gasteiger partial charge in [0.05, 0.1) is 6.54 Å². The minimum absolute atomic E-state index is 0.0475. The number of nitrogens with zero attached hydrogens (tertiary/aromatic N) is 4. The normalized spacial score (nSPS) is 10.8. The first-order valence-corrected chi connectivity index (χ1v) is 7.04. The molecule has 0 aromatic carbocycles. The average Bonchev–Trinajstić information content (AvgIpc) is 2.50. The van der Waals surface area contributed by atoms with Gasteiger partial charge in [-0.3, -0.25) is 9.36 Å². The van der Waals surface area contributed by atoms with Gasteiger partial charge in [-0.2, -0.15) is 0 Å². The van der Waals surface area contributed by atoms with Crippen LogP contribution in [0.25, 0.3) is 11.0 Å². The predicted octanol–water partition coefficient (Wildman–Crippen LogP) is 1.70. The minimum Gasteiger partial charge on any atom is -0.477 e. The molecule has 0 radical (unpaired) electrons. The van der Waals surface area contributed by atoms with E-state index < -0.39 is 11.5 Å². The number of carbonyl (C=O) groups is 1. The highest BCUT2D eigenvalue weighted by Crippen LogP contribution is 2.17. The molecule has 8 heteroatoms. The molecular formula is C14H9BrN4O3. The number of aromatic carboxylic acids is 1. The molecule has 0 aliphatic heterocycles. The van der Waals surface area contributed by atoms with Gasteiger partial charge in [0.15, 0.2) is 0 Å². The molecule has 0 bridgehead atoms. The summed E-state index contributed by atoms with van der Waals surface area (Å²) in [5.74, 6) is -0.882. The Balaban J connectivity index is 2.28. The molecule has 3 rings (SSSR count). The number of hydrogen-bond acceptors (Lipinski definition) is 5. The highest BCUT2D eigenvalue weighted by atomic mass is 79.9. The second-order valence-corrected chi connectivity index (χ2v) is 5.40. The molecule has 1 N–H and O–H groups in total. The van der Waals surface area contributed by atoms with Crippen molar-refractivity contribution in [2.45, 2.75) is 6.54 Å². The van der Waals surface area contributed by atoms with Gasteiger partial charge in [0.1, 0.15) is 17.0 Å². The summed E-state index contributed by atoms with van der Waals surface area (Å²) in [6.07, 6.45) is 4.66.